The summed E-state index contributed by atoms with van der Waals surface area (Å²) in [6, 6.07) is 6.26. The number of rotatable bonds is 2. The zero-order chi connectivity index (χ0) is 16.9. The van der Waals surface area contributed by atoms with Gasteiger partial charge >= 0.3 is 5.97 Å². The average molecular weight is 344 g/mol. The van der Waals surface area contributed by atoms with E-state index in [1.165, 1.54) is 6.07 Å². The van der Waals surface area contributed by atoms with E-state index in [0.717, 1.165) is 0 Å². The van der Waals surface area contributed by atoms with Crippen molar-refractivity contribution in [3.8, 4) is 0 Å². The number of ether oxygens (including phenoxy) is 1. The van der Waals surface area contributed by atoms with Crippen LogP contribution in [-0.2, 0) is 15.3 Å². The monoisotopic (exact) mass is 343 g/mol. The van der Waals surface area contributed by atoms with Crippen LogP contribution in [0.3, 0.4) is 0 Å². The van der Waals surface area contributed by atoms with Crippen LogP contribution < -0.4 is 0 Å². The largest absolute Gasteiger partial charge is 0.479 e. The van der Waals surface area contributed by atoms with E-state index in [9.17, 15) is 25.2 Å². The number of aliphatic carboxylic acids is 1. The van der Waals surface area contributed by atoms with Crippen LogP contribution in [0.1, 0.15) is 5.69 Å². The molecule has 1 saturated heterocycles. The molecule has 1 aromatic carbocycles. The van der Waals surface area contributed by atoms with Crippen molar-refractivity contribution in [3.63, 3.8) is 0 Å². The molecule has 0 bridgehead atoms. The summed E-state index contributed by atoms with van der Waals surface area (Å²) in [5, 5.41) is 50.3. The van der Waals surface area contributed by atoms with Crippen molar-refractivity contribution in [2.75, 3.05) is 0 Å². The van der Waals surface area contributed by atoms with Gasteiger partial charge in [0.2, 0.25) is 5.79 Å². The maximum absolute atomic E-state index is 11.1. The zero-order valence-corrected chi connectivity index (χ0v) is 12.3. The van der Waals surface area contributed by atoms with Crippen molar-refractivity contribution < 1.29 is 35.1 Å². The summed E-state index contributed by atoms with van der Waals surface area (Å²) in [5.41, 5.74) is 0.448. The van der Waals surface area contributed by atoms with Crippen LogP contribution in [0, 0.1) is 0 Å². The fraction of sp³-hybridized carbons (Fsp3) is 0.357. The van der Waals surface area contributed by atoms with Crippen LogP contribution in [0.15, 0.2) is 24.3 Å². The number of aliphatic hydroxyl groups is 4. The van der Waals surface area contributed by atoms with E-state index >= 15 is 0 Å². The first-order valence-electron chi connectivity index (χ1n) is 6.70. The normalized spacial score (nSPS) is 34.7. The molecule has 0 spiro atoms. The Labute approximate surface area is 134 Å². The molecule has 5 atom stereocenters. The first kappa shape index (κ1) is 16.2. The second-order valence-electron chi connectivity index (χ2n) is 5.41. The molecule has 3 rings (SSSR count). The third-order valence-electron chi connectivity index (χ3n) is 3.90. The van der Waals surface area contributed by atoms with Crippen molar-refractivity contribution >= 4 is 28.5 Å². The summed E-state index contributed by atoms with van der Waals surface area (Å²) in [5.74, 6) is -4.12. The van der Waals surface area contributed by atoms with Crippen LogP contribution in [0.4, 0.5) is 0 Å². The maximum atomic E-state index is 11.1. The van der Waals surface area contributed by atoms with E-state index in [0.29, 0.717) is 15.9 Å². The van der Waals surface area contributed by atoms with E-state index in [-0.39, 0.29) is 5.69 Å². The minimum Gasteiger partial charge on any atom is -0.479 e. The Kier molecular flexibility index (Phi) is 3.83. The van der Waals surface area contributed by atoms with Gasteiger partial charge in [0, 0.05) is 10.5 Å². The lowest BCUT2D eigenvalue weighted by Crippen LogP contribution is -2.64. The molecular weight excluding hydrogens is 330 g/mol. The summed E-state index contributed by atoms with van der Waals surface area (Å²) in [6.45, 7) is 0. The number of hydrogen-bond donors (Lipinski definition) is 6. The Hall–Kier alpha value is -1.68. The number of carboxylic acid groups (broad SMARTS) is 1. The Bertz CT molecular complexity index is 763. The fourth-order valence-electron chi connectivity index (χ4n) is 2.64. The van der Waals surface area contributed by atoms with Gasteiger partial charge in [-0.1, -0.05) is 17.7 Å². The molecule has 1 aliphatic rings. The number of aromatic amines is 1. The molecule has 2 heterocycles. The van der Waals surface area contributed by atoms with Gasteiger partial charge in [-0.15, -0.1) is 0 Å². The third kappa shape index (κ3) is 2.49. The highest BCUT2D eigenvalue weighted by molar-refractivity contribution is 6.31. The van der Waals surface area contributed by atoms with E-state index in [1.54, 1.807) is 18.2 Å². The number of nitrogens with one attached hydrogen (secondary N) is 1. The average Bonchev–Trinajstić information content (AvgIpc) is 2.92. The van der Waals surface area contributed by atoms with Crippen LogP contribution in [-0.4, -0.2) is 60.9 Å². The first-order valence-corrected chi connectivity index (χ1v) is 7.08. The molecule has 1 aliphatic heterocycles. The fourth-order valence-corrected chi connectivity index (χ4v) is 2.81. The van der Waals surface area contributed by atoms with Gasteiger partial charge in [-0.2, -0.15) is 0 Å². The SMILES string of the molecule is O=C(O)[C@H]1O[C@](O)(c2cc3ccc(Cl)cc3[nH]2)[C@H](O)[C@@H](O)[C@@H]1O. The Morgan fingerprint density at radius 1 is 1.22 bits per heavy atom. The lowest BCUT2D eigenvalue weighted by molar-refractivity contribution is -0.351. The highest BCUT2D eigenvalue weighted by Gasteiger charge is 2.56. The Balaban J connectivity index is 2.08. The van der Waals surface area contributed by atoms with Gasteiger partial charge in [0.15, 0.2) is 6.10 Å². The first-order chi connectivity index (χ1) is 10.7. The zero-order valence-electron chi connectivity index (χ0n) is 11.5. The lowest BCUT2D eigenvalue weighted by Gasteiger charge is -2.43. The van der Waals surface area contributed by atoms with E-state index in [1.807, 2.05) is 0 Å². The predicted octanol–water partition coefficient (Wildman–Crippen LogP) is -0.468. The minimum atomic E-state index is -2.53. The van der Waals surface area contributed by atoms with Crippen LogP contribution in [0.5, 0.6) is 0 Å². The molecule has 0 radical (unpaired) electrons. The third-order valence-corrected chi connectivity index (χ3v) is 4.14. The molecule has 23 heavy (non-hydrogen) atoms. The van der Waals surface area contributed by atoms with Crippen molar-refractivity contribution in [1.82, 2.24) is 4.98 Å². The predicted molar refractivity (Wildman–Crippen MR) is 77.7 cm³/mol. The lowest BCUT2D eigenvalue weighted by atomic mass is 9.90. The Morgan fingerprint density at radius 3 is 2.57 bits per heavy atom. The molecule has 9 heteroatoms. The number of carbonyl (C=O) groups is 1. The number of fused-ring (bicyclic) bond motifs is 1. The number of aliphatic hydroxyl groups excluding tert-OH is 3. The summed E-state index contributed by atoms with van der Waals surface area (Å²) in [4.78, 5) is 13.9. The van der Waals surface area contributed by atoms with E-state index in [4.69, 9.17) is 21.4 Å². The molecule has 8 nitrogen and oxygen atoms in total. The second kappa shape index (κ2) is 5.45. The number of benzene rings is 1. The van der Waals surface area contributed by atoms with Gasteiger partial charge < -0.3 is 35.3 Å². The highest BCUT2D eigenvalue weighted by atomic mass is 35.5. The summed E-state index contributed by atoms with van der Waals surface area (Å²) < 4.78 is 5.01. The van der Waals surface area contributed by atoms with Crippen molar-refractivity contribution in [3.05, 3.63) is 35.0 Å². The molecule has 0 aliphatic carbocycles. The summed E-state index contributed by atoms with van der Waals surface area (Å²) in [6.07, 6.45) is -7.67. The quantitative estimate of drug-likeness (QED) is 0.432. The van der Waals surface area contributed by atoms with Crippen LogP contribution >= 0.6 is 11.6 Å². The molecule has 1 fully saturated rings. The number of aromatic nitrogens is 1. The summed E-state index contributed by atoms with van der Waals surface area (Å²) in [7, 11) is 0. The second-order valence-corrected chi connectivity index (χ2v) is 5.85. The number of halogens is 1. The van der Waals surface area contributed by atoms with Gasteiger partial charge in [-0.25, -0.2) is 4.79 Å². The minimum absolute atomic E-state index is 0.0699. The van der Waals surface area contributed by atoms with Gasteiger partial charge in [0.05, 0.1) is 5.69 Å². The summed E-state index contributed by atoms with van der Waals surface area (Å²) >= 11 is 5.87. The molecule has 2 aromatic rings. The molecule has 0 amide bonds. The molecule has 0 saturated carbocycles. The number of hydrogen-bond acceptors (Lipinski definition) is 6. The van der Waals surface area contributed by atoms with Gasteiger partial charge in [0.1, 0.15) is 18.3 Å². The number of H-pyrrole nitrogens is 1. The van der Waals surface area contributed by atoms with E-state index < -0.39 is 36.2 Å². The van der Waals surface area contributed by atoms with Crippen LogP contribution in [0.2, 0.25) is 5.02 Å². The van der Waals surface area contributed by atoms with Gasteiger partial charge in [0.25, 0.3) is 0 Å². The van der Waals surface area contributed by atoms with Gasteiger partial charge in [-0.3, -0.25) is 0 Å². The topological polar surface area (TPSA) is 143 Å². The highest BCUT2D eigenvalue weighted by Crippen LogP contribution is 2.37. The smallest absolute Gasteiger partial charge is 0.335 e. The van der Waals surface area contributed by atoms with Crippen molar-refractivity contribution in [1.29, 1.82) is 0 Å². The van der Waals surface area contributed by atoms with E-state index in [2.05, 4.69) is 4.98 Å². The van der Waals surface area contributed by atoms with Crippen molar-refractivity contribution in [2.45, 2.75) is 30.2 Å². The van der Waals surface area contributed by atoms with Gasteiger partial charge in [-0.05, 0) is 23.6 Å². The molecule has 6 N–H and O–H groups in total. The van der Waals surface area contributed by atoms with Crippen LogP contribution in [0.25, 0.3) is 10.9 Å². The van der Waals surface area contributed by atoms with Crippen molar-refractivity contribution in [2.24, 2.45) is 0 Å². The molecule has 124 valence electrons. The maximum Gasteiger partial charge on any atom is 0.335 e. The number of carboxylic acids is 1. The molecule has 1 aromatic heterocycles. The standard InChI is InChI=1S/C14H14ClNO7/c15-6-2-1-5-3-8(16-7(5)4-6)14(22)12(19)10(18)9(17)11(23-14)13(20)21/h1-4,9-12,16-19,22H,(H,20,21)/t9-,10-,11-,12+,14+/m0/s1. The Morgan fingerprint density at radius 2 is 1.91 bits per heavy atom. The molecule has 0 unspecified atom stereocenters. The molecular formula is C14H14ClNO7.